The predicted molar refractivity (Wildman–Crippen MR) is 43.7 cm³/mol. The van der Waals surface area contributed by atoms with Gasteiger partial charge < -0.3 is 30.3 Å². The first-order valence-electron chi connectivity index (χ1n) is 3.94. The van der Waals surface area contributed by atoms with Gasteiger partial charge in [0.05, 0.1) is 6.61 Å². The average molecular weight is 224 g/mol. The Hall–Kier alpha value is -1.22. The standard InChI is InChI=1S/C7H12O8/c8-1-3(9)2-15-7(14)5(11)4(10)6(12)13/h3-5,8-11H,1-2H2,(H,12,13). The summed E-state index contributed by atoms with van der Waals surface area (Å²) < 4.78 is 4.21. The lowest BCUT2D eigenvalue weighted by Gasteiger charge is -2.14. The lowest BCUT2D eigenvalue weighted by Crippen LogP contribution is -2.41. The van der Waals surface area contributed by atoms with Crippen molar-refractivity contribution in [3.63, 3.8) is 0 Å². The van der Waals surface area contributed by atoms with Crippen LogP contribution >= 0.6 is 0 Å². The third-order valence-corrected chi connectivity index (χ3v) is 1.42. The van der Waals surface area contributed by atoms with Crippen LogP contribution in [0.15, 0.2) is 0 Å². The van der Waals surface area contributed by atoms with Crippen LogP contribution in [0.2, 0.25) is 0 Å². The maximum Gasteiger partial charge on any atom is 0.338 e. The van der Waals surface area contributed by atoms with Gasteiger partial charge in [0.25, 0.3) is 0 Å². The van der Waals surface area contributed by atoms with E-state index in [2.05, 4.69) is 4.74 Å². The Balaban J connectivity index is 4.05. The van der Waals surface area contributed by atoms with E-state index >= 15 is 0 Å². The van der Waals surface area contributed by atoms with Gasteiger partial charge in [-0.1, -0.05) is 0 Å². The summed E-state index contributed by atoms with van der Waals surface area (Å²) >= 11 is 0. The molecule has 0 aromatic heterocycles. The highest BCUT2D eigenvalue weighted by molar-refractivity contribution is 5.84. The Labute approximate surface area is 84.3 Å². The summed E-state index contributed by atoms with van der Waals surface area (Å²) in [6.07, 6.45) is -5.83. The molecule has 0 saturated heterocycles. The third-order valence-electron chi connectivity index (χ3n) is 1.42. The van der Waals surface area contributed by atoms with E-state index in [1.165, 1.54) is 0 Å². The molecule has 0 rings (SSSR count). The molecule has 3 atom stereocenters. The number of carboxylic acids is 1. The molecule has 0 aliphatic carbocycles. The van der Waals surface area contributed by atoms with Crippen LogP contribution in [-0.4, -0.2) is 69.0 Å². The normalized spacial score (nSPS) is 16.5. The first kappa shape index (κ1) is 13.8. The molecule has 0 aliphatic heterocycles. The van der Waals surface area contributed by atoms with E-state index in [0.717, 1.165) is 0 Å². The molecule has 0 bridgehead atoms. The lowest BCUT2D eigenvalue weighted by molar-refractivity contribution is -0.171. The second kappa shape index (κ2) is 6.30. The van der Waals surface area contributed by atoms with Gasteiger partial charge >= 0.3 is 11.9 Å². The van der Waals surface area contributed by atoms with E-state index in [-0.39, 0.29) is 0 Å². The van der Waals surface area contributed by atoms with E-state index < -0.39 is 43.5 Å². The maximum absolute atomic E-state index is 10.8. The van der Waals surface area contributed by atoms with Crippen LogP contribution in [0.4, 0.5) is 0 Å². The van der Waals surface area contributed by atoms with Gasteiger partial charge in [0.15, 0.2) is 12.2 Å². The predicted octanol–water partition coefficient (Wildman–Crippen LogP) is -3.31. The summed E-state index contributed by atoms with van der Waals surface area (Å²) in [5, 5.41) is 42.9. The van der Waals surface area contributed by atoms with Gasteiger partial charge in [-0.05, 0) is 0 Å². The van der Waals surface area contributed by atoms with Gasteiger partial charge in [0, 0.05) is 0 Å². The number of carboxylic acid groups (broad SMARTS) is 1. The Morgan fingerprint density at radius 1 is 1.13 bits per heavy atom. The zero-order valence-electron chi connectivity index (χ0n) is 7.61. The first-order chi connectivity index (χ1) is 6.90. The molecule has 3 unspecified atom stereocenters. The summed E-state index contributed by atoms with van der Waals surface area (Å²) in [4.78, 5) is 21.0. The zero-order valence-corrected chi connectivity index (χ0v) is 7.61. The van der Waals surface area contributed by atoms with Crippen molar-refractivity contribution in [3.05, 3.63) is 0 Å². The number of hydrogen-bond acceptors (Lipinski definition) is 7. The van der Waals surface area contributed by atoms with E-state index in [4.69, 9.17) is 25.5 Å². The second-order valence-corrected chi connectivity index (χ2v) is 2.69. The van der Waals surface area contributed by atoms with Crippen molar-refractivity contribution in [3.8, 4) is 0 Å². The number of aliphatic carboxylic acids is 1. The van der Waals surface area contributed by atoms with Crippen LogP contribution in [0.3, 0.4) is 0 Å². The van der Waals surface area contributed by atoms with Crippen molar-refractivity contribution in [2.75, 3.05) is 13.2 Å². The van der Waals surface area contributed by atoms with Crippen molar-refractivity contribution >= 4 is 11.9 Å². The van der Waals surface area contributed by atoms with Gasteiger partial charge in [-0.2, -0.15) is 0 Å². The Morgan fingerprint density at radius 3 is 2.07 bits per heavy atom. The summed E-state index contributed by atoms with van der Waals surface area (Å²) in [6, 6.07) is 0. The number of carbonyl (C=O) groups is 2. The molecule has 0 heterocycles. The molecule has 8 heteroatoms. The molecular formula is C7H12O8. The second-order valence-electron chi connectivity index (χ2n) is 2.69. The van der Waals surface area contributed by atoms with Crippen LogP contribution in [0.25, 0.3) is 0 Å². The van der Waals surface area contributed by atoms with E-state index in [0.29, 0.717) is 0 Å². The van der Waals surface area contributed by atoms with Gasteiger partial charge in [0.1, 0.15) is 12.7 Å². The van der Waals surface area contributed by atoms with Gasteiger partial charge in [-0.25, -0.2) is 9.59 Å². The van der Waals surface area contributed by atoms with E-state index in [1.807, 2.05) is 0 Å². The fraction of sp³-hybridized carbons (Fsp3) is 0.714. The third kappa shape index (κ3) is 4.70. The largest absolute Gasteiger partial charge is 0.479 e. The lowest BCUT2D eigenvalue weighted by atomic mass is 10.2. The van der Waals surface area contributed by atoms with Crippen molar-refractivity contribution < 1.29 is 39.9 Å². The summed E-state index contributed by atoms with van der Waals surface area (Å²) in [5.74, 6) is -3.17. The highest BCUT2D eigenvalue weighted by Gasteiger charge is 2.31. The number of aliphatic hydroxyl groups is 4. The van der Waals surface area contributed by atoms with Crippen LogP contribution in [0, 0.1) is 0 Å². The van der Waals surface area contributed by atoms with Gasteiger partial charge in [-0.15, -0.1) is 0 Å². The molecule has 15 heavy (non-hydrogen) atoms. The summed E-state index contributed by atoms with van der Waals surface area (Å²) in [7, 11) is 0. The van der Waals surface area contributed by atoms with Gasteiger partial charge in [0.2, 0.25) is 0 Å². The Morgan fingerprint density at radius 2 is 1.67 bits per heavy atom. The smallest absolute Gasteiger partial charge is 0.338 e. The quantitative estimate of drug-likeness (QED) is 0.295. The minimum Gasteiger partial charge on any atom is -0.479 e. The molecule has 0 aromatic rings. The molecule has 0 aromatic carbocycles. The maximum atomic E-state index is 10.8. The number of carbonyl (C=O) groups excluding carboxylic acids is 1. The van der Waals surface area contributed by atoms with Crippen LogP contribution in [-0.2, 0) is 14.3 Å². The molecule has 0 spiro atoms. The minimum atomic E-state index is -2.29. The molecule has 0 radical (unpaired) electrons. The fourth-order valence-electron chi connectivity index (χ4n) is 0.580. The van der Waals surface area contributed by atoms with Gasteiger partial charge in [-0.3, -0.25) is 0 Å². The molecule has 0 aliphatic rings. The van der Waals surface area contributed by atoms with E-state index in [9.17, 15) is 9.59 Å². The molecule has 0 amide bonds. The highest BCUT2D eigenvalue weighted by Crippen LogP contribution is 1.98. The molecule has 8 nitrogen and oxygen atoms in total. The molecule has 5 N–H and O–H groups in total. The summed E-state index contributed by atoms with van der Waals surface area (Å²) in [5.41, 5.74) is 0. The number of rotatable bonds is 6. The zero-order chi connectivity index (χ0) is 12.0. The Kier molecular flexibility index (Phi) is 5.79. The van der Waals surface area contributed by atoms with Crippen molar-refractivity contribution in [2.24, 2.45) is 0 Å². The molecular weight excluding hydrogens is 212 g/mol. The van der Waals surface area contributed by atoms with E-state index in [1.54, 1.807) is 0 Å². The number of aliphatic hydroxyl groups excluding tert-OH is 4. The first-order valence-corrected chi connectivity index (χ1v) is 3.94. The monoisotopic (exact) mass is 224 g/mol. The number of esters is 1. The minimum absolute atomic E-state index is 0.598. The molecule has 88 valence electrons. The topological polar surface area (TPSA) is 145 Å². The van der Waals surface area contributed by atoms with Crippen molar-refractivity contribution in [1.82, 2.24) is 0 Å². The summed E-state index contributed by atoms with van der Waals surface area (Å²) in [6.45, 7) is -1.25. The van der Waals surface area contributed by atoms with Crippen molar-refractivity contribution in [2.45, 2.75) is 18.3 Å². The van der Waals surface area contributed by atoms with Crippen LogP contribution in [0.1, 0.15) is 0 Å². The fourth-order valence-corrected chi connectivity index (χ4v) is 0.580. The van der Waals surface area contributed by atoms with Crippen molar-refractivity contribution in [1.29, 1.82) is 0 Å². The average Bonchev–Trinajstić information content (AvgIpc) is 2.22. The highest BCUT2D eigenvalue weighted by atomic mass is 16.6. The molecule has 0 saturated carbocycles. The van der Waals surface area contributed by atoms with Crippen LogP contribution in [0.5, 0.6) is 0 Å². The number of hydrogen-bond donors (Lipinski definition) is 5. The molecule has 0 fully saturated rings. The number of ether oxygens (including phenoxy) is 1. The SMILES string of the molecule is O=C(O)C(O)C(O)C(=O)OCC(O)CO. The van der Waals surface area contributed by atoms with Crippen LogP contribution < -0.4 is 0 Å². The Bertz CT molecular complexity index is 227.